The van der Waals surface area contributed by atoms with Crippen LogP contribution in [0.5, 0.6) is 5.75 Å². The van der Waals surface area contributed by atoms with E-state index in [1.54, 1.807) is 6.07 Å². The normalized spacial score (nSPS) is 10.5. The highest BCUT2D eigenvalue weighted by atomic mass is 35.5. The van der Waals surface area contributed by atoms with Gasteiger partial charge in [-0.25, -0.2) is 4.39 Å². The second kappa shape index (κ2) is 5.87. The fourth-order valence-corrected chi connectivity index (χ4v) is 2.36. The van der Waals surface area contributed by atoms with Crippen LogP contribution >= 0.6 is 34.8 Å². The first-order chi connectivity index (χ1) is 8.99. The Morgan fingerprint density at radius 3 is 2.26 bits per heavy atom. The second-order valence-electron chi connectivity index (χ2n) is 3.80. The molecule has 0 saturated heterocycles. The van der Waals surface area contributed by atoms with Crippen LogP contribution in [0.1, 0.15) is 5.56 Å². The lowest BCUT2D eigenvalue weighted by atomic mass is 10.2. The van der Waals surface area contributed by atoms with Crippen LogP contribution in [0.3, 0.4) is 0 Å². The highest BCUT2D eigenvalue weighted by Crippen LogP contribution is 2.36. The van der Waals surface area contributed by atoms with Crippen molar-refractivity contribution in [2.24, 2.45) is 0 Å². The van der Waals surface area contributed by atoms with E-state index < -0.39 is 5.82 Å². The zero-order valence-electron chi connectivity index (χ0n) is 9.59. The number of hydrogen-bond acceptors (Lipinski definition) is 2. The summed E-state index contributed by atoms with van der Waals surface area (Å²) in [5, 5.41) is 0.803. The van der Waals surface area contributed by atoms with E-state index in [1.807, 2.05) is 0 Å². The molecule has 2 N–H and O–H groups in total. The molecule has 0 aromatic heterocycles. The topological polar surface area (TPSA) is 35.2 Å². The SMILES string of the molecule is Nc1cc(Cl)c(OCc2c(F)cccc2Cl)c(Cl)c1. The zero-order valence-corrected chi connectivity index (χ0v) is 11.9. The number of nitrogens with two attached hydrogens (primary N) is 1. The summed E-state index contributed by atoms with van der Waals surface area (Å²) in [7, 11) is 0. The minimum absolute atomic E-state index is 0.0745. The molecule has 0 bridgehead atoms. The smallest absolute Gasteiger partial charge is 0.157 e. The van der Waals surface area contributed by atoms with E-state index >= 15 is 0 Å². The molecule has 6 heteroatoms. The van der Waals surface area contributed by atoms with E-state index in [0.29, 0.717) is 5.69 Å². The van der Waals surface area contributed by atoms with Gasteiger partial charge in [-0.15, -0.1) is 0 Å². The van der Waals surface area contributed by atoms with Crippen LogP contribution in [0.15, 0.2) is 30.3 Å². The number of rotatable bonds is 3. The van der Waals surface area contributed by atoms with Gasteiger partial charge in [0.05, 0.1) is 15.1 Å². The largest absolute Gasteiger partial charge is 0.486 e. The van der Waals surface area contributed by atoms with Crippen LogP contribution in [0.2, 0.25) is 15.1 Å². The van der Waals surface area contributed by atoms with Crippen molar-refractivity contribution in [3.05, 3.63) is 56.8 Å². The first-order valence-corrected chi connectivity index (χ1v) is 6.42. The molecule has 0 aliphatic carbocycles. The summed E-state index contributed by atoms with van der Waals surface area (Å²) in [6, 6.07) is 7.41. The average molecular weight is 321 g/mol. The Balaban J connectivity index is 2.24. The van der Waals surface area contributed by atoms with Gasteiger partial charge in [-0.2, -0.15) is 0 Å². The third-order valence-electron chi connectivity index (χ3n) is 2.44. The molecule has 19 heavy (non-hydrogen) atoms. The third kappa shape index (κ3) is 3.24. The van der Waals surface area contributed by atoms with Crippen LogP contribution in [-0.4, -0.2) is 0 Å². The Morgan fingerprint density at radius 2 is 1.68 bits per heavy atom. The average Bonchev–Trinajstić information content (AvgIpc) is 2.31. The molecule has 0 radical (unpaired) electrons. The summed E-state index contributed by atoms with van der Waals surface area (Å²) in [6.07, 6.45) is 0. The van der Waals surface area contributed by atoms with Gasteiger partial charge in [0.15, 0.2) is 5.75 Å². The molecule has 2 nitrogen and oxygen atoms in total. The van der Waals surface area contributed by atoms with E-state index in [1.165, 1.54) is 24.3 Å². The molecule has 2 rings (SSSR count). The number of halogens is 4. The summed E-state index contributed by atoms with van der Waals surface area (Å²) in [6.45, 7) is -0.0745. The van der Waals surface area contributed by atoms with E-state index in [9.17, 15) is 4.39 Å². The quantitative estimate of drug-likeness (QED) is 0.812. The van der Waals surface area contributed by atoms with Crippen molar-refractivity contribution in [2.75, 3.05) is 5.73 Å². The molecule has 0 fully saturated rings. The van der Waals surface area contributed by atoms with Gasteiger partial charge in [0.1, 0.15) is 12.4 Å². The molecule has 0 unspecified atom stereocenters. The van der Waals surface area contributed by atoms with Crippen LogP contribution in [0.4, 0.5) is 10.1 Å². The summed E-state index contributed by atoms with van der Waals surface area (Å²) in [5.74, 6) is -0.202. The van der Waals surface area contributed by atoms with Gasteiger partial charge in [-0.05, 0) is 24.3 Å². The standard InChI is InChI=1S/C13H9Cl3FNO/c14-9-2-1-3-12(17)8(9)6-19-13-10(15)4-7(18)5-11(13)16/h1-5H,6,18H2. The lowest BCUT2D eigenvalue weighted by Crippen LogP contribution is -2.01. The number of nitrogen functional groups attached to an aromatic ring is 1. The van der Waals surface area contributed by atoms with Crippen molar-refractivity contribution in [1.82, 2.24) is 0 Å². The van der Waals surface area contributed by atoms with Crippen LogP contribution in [0, 0.1) is 5.82 Å². The predicted molar refractivity (Wildman–Crippen MR) is 76.6 cm³/mol. The first kappa shape index (κ1) is 14.3. The van der Waals surface area contributed by atoms with Gasteiger partial charge in [-0.1, -0.05) is 40.9 Å². The Hall–Kier alpha value is -1.16. The number of benzene rings is 2. The van der Waals surface area contributed by atoms with Gasteiger partial charge in [-0.3, -0.25) is 0 Å². The molecule has 0 aliphatic heterocycles. The molecule has 2 aromatic carbocycles. The van der Waals surface area contributed by atoms with E-state index in [-0.39, 0.29) is 33.0 Å². The summed E-state index contributed by atoms with van der Waals surface area (Å²) < 4.78 is 19.0. The maximum atomic E-state index is 13.6. The first-order valence-electron chi connectivity index (χ1n) is 5.29. The summed E-state index contributed by atoms with van der Waals surface area (Å²) >= 11 is 17.8. The van der Waals surface area contributed by atoms with Gasteiger partial charge in [0, 0.05) is 11.3 Å². The van der Waals surface area contributed by atoms with Crippen molar-refractivity contribution in [3.8, 4) is 5.75 Å². The van der Waals surface area contributed by atoms with Crippen molar-refractivity contribution in [3.63, 3.8) is 0 Å². The van der Waals surface area contributed by atoms with Crippen LogP contribution in [0.25, 0.3) is 0 Å². The van der Waals surface area contributed by atoms with Crippen LogP contribution < -0.4 is 10.5 Å². The molecule has 0 amide bonds. The monoisotopic (exact) mass is 319 g/mol. The predicted octanol–water partition coefficient (Wildman–Crippen LogP) is 4.95. The van der Waals surface area contributed by atoms with Crippen molar-refractivity contribution in [1.29, 1.82) is 0 Å². The fraction of sp³-hybridized carbons (Fsp3) is 0.0769. The molecular formula is C13H9Cl3FNO. The zero-order chi connectivity index (χ0) is 14.0. The maximum Gasteiger partial charge on any atom is 0.157 e. The van der Waals surface area contributed by atoms with Gasteiger partial charge < -0.3 is 10.5 Å². The highest BCUT2D eigenvalue weighted by Gasteiger charge is 2.12. The van der Waals surface area contributed by atoms with E-state index in [2.05, 4.69) is 0 Å². The minimum Gasteiger partial charge on any atom is -0.486 e. The molecule has 100 valence electrons. The summed E-state index contributed by atoms with van der Waals surface area (Å²) in [5.41, 5.74) is 6.24. The Kier molecular flexibility index (Phi) is 4.40. The van der Waals surface area contributed by atoms with E-state index in [0.717, 1.165) is 0 Å². The number of hydrogen-bond donors (Lipinski definition) is 1. The lowest BCUT2D eigenvalue weighted by molar-refractivity contribution is 0.300. The summed E-state index contributed by atoms with van der Waals surface area (Å²) in [4.78, 5) is 0. The molecule has 0 spiro atoms. The van der Waals surface area contributed by atoms with Gasteiger partial charge in [0.2, 0.25) is 0 Å². The van der Waals surface area contributed by atoms with Crippen molar-refractivity contribution >= 4 is 40.5 Å². The Bertz CT molecular complexity index is 576. The van der Waals surface area contributed by atoms with E-state index in [4.69, 9.17) is 45.3 Å². The number of ether oxygens (including phenoxy) is 1. The Labute approximate surface area is 124 Å². The molecule has 0 heterocycles. The van der Waals surface area contributed by atoms with Gasteiger partial charge >= 0.3 is 0 Å². The van der Waals surface area contributed by atoms with Gasteiger partial charge in [0.25, 0.3) is 0 Å². The van der Waals surface area contributed by atoms with Crippen molar-refractivity contribution < 1.29 is 9.13 Å². The molecular weight excluding hydrogens is 312 g/mol. The molecule has 2 aromatic rings. The molecule has 0 saturated carbocycles. The lowest BCUT2D eigenvalue weighted by Gasteiger charge is -2.12. The second-order valence-corrected chi connectivity index (χ2v) is 5.02. The maximum absolute atomic E-state index is 13.6. The van der Waals surface area contributed by atoms with Crippen molar-refractivity contribution in [2.45, 2.75) is 6.61 Å². The number of anilines is 1. The van der Waals surface area contributed by atoms with Crippen LogP contribution in [-0.2, 0) is 6.61 Å². The Morgan fingerprint density at radius 1 is 1.05 bits per heavy atom. The third-order valence-corrected chi connectivity index (χ3v) is 3.36. The minimum atomic E-state index is -0.449. The molecule has 0 aliphatic rings. The fourth-order valence-electron chi connectivity index (χ4n) is 1.53. The highest BCUT2D eigenvalue weighted by molar-refractivity contribution is 6.37. The molecule has 0 atom stereocenters.